The quantitative estimate of drug-likeness (QED) is 0.815. The molecular weight excluding hydrogens is 260 g/mol. The Hall–Kier alpha value is -0.750. The molecule has 1 aromatic heterocycles. The summed E-state index contributed by atoms with van der Waals surface area (Å²) in [6.07, 6.45) is 0. The molecule has 0 spiro atoms. The summed E-state index contributed by atoms with van der Waals surface area (Å²) in [5.74, 6) is -0.0197. The summed E-state index contributed by atoms with van der Waals surface area (Å²) in [6, 6.07) is 0. The molecular formula is C9H15BrN4O. The zero-order chi connectivity index (χ0) is 11.4. The molecule has 1 unspecified atom stereocenters. The normalized spacial score (nSPS) is 12.8. The zero-order valence-corrected chi connectivity index (χ0v) is 10.7. The maximum Gasteiger partial charge on any atom is 0.187 e. The van der Waals surface area contributed by atoms with E-state index in [1.165, 1.54) is 4.68 Å². The van der Waals surface area contributed by atoms with E-state index in [9.17, 15) is 4.79 Å². The number of carbonyl (C=O) groups is 1. The van der Waals surface area contributed by atoms with Crippen molar-refractivity contribution in [3.63, 3.8) is 0 Å². The van der Waals surface area contributed by atoms with Crippen LogP contribution in [0.3, 0.4) is 0 Å². The summed E-state index contributed by atoms with van der Waals surface area (Å²) in [7, 11) is 1.71. The van der Waals surface area contributed by atoms with Gasteiger partial charge in [-0.2, -0.15) is 0 Å². The first-order valence-electron chi connectivity index (χ1n) is 4.88. The molecule has 0 bridgehead atoms. The number of nitrogens with zero attached hydrogens (tertiary/aromatic N) is 3. The van der Waals surface area contributed by atoms with Gasteiger partial charge in [-0.15, -0.1) is 5.10 Å². The summed E-state index contributed by atoms with van der Waals surface area (Å²) in [4.78, 5) is 12.0. The van der Waals surface area contributed by atoms with Crippen molar-refractivity contribution in [1.82, 2.24) is 20.3 Å². The number of carbonyl (C=O) groups excluding carboxylic acids is 1. The van der Waals surface area contributed by atoms with Crippen molar-refractivity contribution in [3.05, 3.63) is 10.3 Å². The van der Waals surface area contributed by atoms with E-state index in [4.69, 9.17) is 0 Å². The van der Waals surface area contributed by atoms with Crippen LogP contribution in [0.5, 0.6) is 0 Å². The fraction of sp³-hybridized carbons (Fsp3) is 0.667. The molecule has 1 heterocycles. The molecule has 15 heavy (non-hydrogen) atoms. The average Bonchev–Trinajstić information content (AvgIpc) is 2.54. The van der Waals surface area contributed by atoms with Gasteiger partial charge in [0, 0.05) is 19.5 Å². The van der Waals surface area contributed by atoms with Crippen molar-refractivity contribution in [1.29, 1.82) is 0 Å². The van der Waals surface area contributed by atoms with Crippen LogP contribution in [0.15, 0.2) is 4.60 Å². The molecule has 0 saturated carbocycles. The van der Waals surface area contributed by atoms with Crippen LogP contribution in [0.25, 0.3) is 0 Å². The molecule has 0 radical (unpaired) electrons. The molecule has 0 aromatic carbocycles. The van der Waals surface area contributed by atoms with Gasteiger partial charge in [-0.05, 0) is 22.5 Å². The number of rotatable bonds is 5. The maximum absolute atomic E-state index is 12.0. The lowest BCUT2D eigenvalue weighted by molar-refractivity contribution is 0.0919. The highest BCUT2D eigenvalue weighted by Gasteiger charge is 2.21. The van der Waals surface area contributed by atoms with E-state index >= 15 is 0 Å². The Morgan fingerprint density at radius 3 is 2.80 bits per heavy atom. The number of hydrogen-bond donors (Lipinski definition) is 1. The molecule has 84 valence electrons. The van der Waals surface area contributed by atoms with Gasteiger partial charge in [0.05, 0.1) is 0 Å². The van der Waals surface area contributed by atoms with E-state index < -0.39 is 0 Å². The van der Waals surface area contributed by atoms with E-state index in [0.29, 0.717) is 16.8 Å². The van der Waals surface area contributed by atoms with Crippen LogP contribution < -0.4 is 5.32 Å². The number of aromatic nitrogens is 3. The van der Waals surface area contributed by atoms with Crippen LogP contribution in [-0.4, -0.2) is 33.9 Å². The SMILES string of the molecule is CCNCC(C)C(=O)c1c(Br)nnn1C. The molecule has 0 aliphatic rings. The fourth-order valence-corrected chi connectivity index (χ4v) is 1.80. The second kappa shape index (κ2) is 5.37. The number of ketones is 1. The van der Waals surface area contributed by atoms with E-state index in [1.807, 2.05) is 13.8 Å². The molecule has 1 N–H and O–H groups in total. The average molecular weight is 275 g/mol. The molecule has 1 aromatic rings. The van der Waals surface area contributed by atoms with Crippen molar-refractivity contribution in [2.45, 2.75) is 13.8 Å². The molecule has 5 nitrogen and oxygen atoms in total. The fourth-order valence-electron chi connectivity index (χ4n) is 1.28. The third-order valence-corrected chi connectivity index (χ3v) is 2.70. The van der Waals surface area contributed by atoms with Gasteiger partial charge in [0.2, 0.25) is 0 Å². The Morgan fingerprint density at radius 1 is 1.67 bits per heavy atom. The standard InChI is InChI=1S/C9H15BrN4O/c1-4-11-5-6(2)8(15)7-9(10)12-13-14(7)3/h6,11H,4-5H2,1-3H3. The van der Waals surface area contributed by atoms with Crippen molar-refractivity contribution >= 4 is 21.7 Å². The molecule has 0 aliphatic carbocycles. The van der Waals surface area contributed by atoms with E-state index in [2.05, 4.69) is 31.6 Å². The lowest BCUT2D eigenvalue weighted by Crippen LogP contribution is -2.27. The minimum atomic E-state index is -0.0709. The van der Waals surface area contributed by atoms with Gasteiger partial charge in [0.15, 0.2) is 10.4 Å². The lowest BCUT2D eigenvalue weighted by atomic mass is 10.0. The number of Topliss-reactive ketones (excluding diaryl/α,β-unsaturated/α-hetero) is 1. The molecule has 1 rings (SSSR count). The molecule has 0 amide bonds. The van der Waals surface area contributed by atoms with E-state index in [0.717, 1.165) is 6.54 Å². The highest BCUT2D eigenvalue weighted by atomic mass is 79.9. The predicted molar refractivity (Wildman–Crippen MR) is 60.7 cm³/mol. The Morgan fingerprint density at radius 2 is 2.33 bits per heavy atom. The Balaban J connectivity index is 2.76. The van der Waals surface area contributed by atoms with Gasteiger partial charge in [-0.25, -0.2) is 4.68 Å². The largest absolute Gasteiger partial charge is 0.316 e. The van der Waals surface area contributed by atoms with Gasteiger partial charge in [0.1, 0.15) is 5.69 Å². The second-order valence-corrected chi connectivity index (χ2v) is 4.18. The monoisotopic (exact) mass is 274 g/mol. The zero-order valence-electron chi connectivity index (χ0n) is 9.12. The lowest BCUT2D eigenvalue weighted by Gasteiger charge is -2.10. The van der Waals surface area contributed by atoms with Gasteiger partial charge in [-0.1, -0.05) is 19.1 Å². The summed E-state index contributed by atoms with van der Waals surface area (Å²) in [5, 5.41) is 10.7. The van der Waals surface area contributed by atoms with E-state index in [1.54, 1.807) is 7.05 Å². The van der Waals surface area contributed by atoms with E-state index in [-0.39, 0.29) is 11.7 Å². The van der Waals surface area contributed by atoms with Crippen molar-refractivity contribution in [3.8, 4) is 0 Å². The summed E-state index contributed by atoms with van der Waals surface area (Å²) < 4.78 is 2.01. The van der Waals surface area contributed by atoms with Crippen molar-refractivity contribution in [2.24, 2.45) is 13.0 Å². The molecule has 6 heteroatoms. The maximum atomic E-state index is 12.0. The predicted octanol–water partition coefficient (Wildman–Crippen LogP) is 1.01. The van der Waals surface area contributed by atoms with Crippen molar-refractivity contribution in [2.75, 3.05) is 13.1 Å². The number of halogens is 1. The second-order valence-electron chi connectivity index (χ2n) is 3.43. The highest BCUT2D eigenvalue weighted by Crippen LogP contribution is 2.16. The van der Waals surface area contributed by atoms with Crippen LogP contribution in [0.1, 0.15) is 24.3 Å². The minimum absolute atomic E-state index is 0.0512. The van der Waals surface area contributed by atoms with Crippen molar-refractivity contribution < 1.29 is 4.79 Å². The smallest absolute Gasteiger partial charge is 0.187 e. The van der Waals surface area contributed by atoms with Gasteiger partial charge < -0.3 is 5.32 Å². The van der Waals surface area contributed by atoms with Crippen LogP contribution >= 0.6 is 15.9 Å². The molecule has 0 saturated heterocycles. The third-order valence-electron chi connectivity index (χ3n) is 2.17. The Bertz CT molecular complexity index is 330. The molecule has 1 atom stereocenters. The summed E-state index contributed by atoms with van der Waals surface area (Å²) in [6.45, 7) is 5.44. The third kappa shape index (κ3) is 2.85. The van der Waals surface area contributed by atoms with Crippen LogP contribution in [-0.2, 0) is 7.05 Å². The number of nitrogens with one attached hydrogen (secondary N) is 1. The first-order chi connectivity index (χ1) is 7.07. The first kappa shape index (κ1) is 12.3. The summed E-state index contributed by atoms with van der Waals surface area (Å²) >= 11 is 3.22. The van der Waals surface area contributed by atoms with Gasteiger partial charge in [0.25, 0.3) is 0 Å². The molecule has 0 aliphatic heterocycles. The molecule has 0 fully saturated rings. The summed E-state index contributed by atoms with van der Waals surface area (Å²) in [5.41, 5.74) is 0.528. The van der Waals surface area contributed by atoms with Gasteiger partial charge in [-0.3, -0.25) is 4.79 Å². The van der Waals surface area contributed by atoms with Crippen LogP contribution in [0.4, 0.5) is 0 Å². The first-order valence-corrected chi connectivity index (χ1v) is 5.67. The number of aryl methyl sites for hydroxylation is 1. The van der Waals surface area contributed by atoms with Crippen LogP contribution in [0, 0.1) is 5.92 Å². The Kier molecular flexibility index (Phi) is 4.41. The number of hydrogen-bond acceptors (Lipinski definition) is 4. The highest BCUT2D eigenvalue weighted by molar-refractivity contribution is 9.10. The topological polar surface area (TPSA) is 59.8 Å². The van der Waals surface area contributed by atoms with Crippen LogP contribution in [0.2, 0.25) is 0 Å². The van der Waals surface area contributed by atoms with Gasteiger partial charge >= 0.3 is 0 Å². The minimum Gasteiger partial charge on any atom is -0.316 e. The Labute approximate surface area is 97.4 Å².